The summed E-state index contributed by atoms with van der Waals surface area (Å²) in [6.07, 6.45) is 9.93. The van der Waals surface area contributed by atoms with E-state index in [4.69, 9.17) is 0 Å². The fourth-order valence-electron chi connectivity index (χ4n) is 3.55. The van der Waals surface area contributed by atoms with Crippen molar-refractivity contribution in [2.24, 2.45) is 5.92 Å². The molecule has 1 aromatic heterocycles. The fraction of sp³-hybridized carbons (Fsp3) is 0.714. The van der Waals surface area contributed by atoms with Crippen LogP contribution in [0.25, 0.3) is 0 Å². The molecule has 18 heavy (non-hydrogen) atoms. The minimum Gasteiger partial charge on any atom is -0.373 e. The molecule has 0 aromatic carbocycles. The molecule has 4 heteroatoms. The summed E-state index contributed by atoms with van der Waals surface area (Å²) in [6.45, 7) is 1.15. The molecule has 0 bridgehead atoms. The SMILES string of the molecule is CNc1cc(N2CCC[C@H]3CCCC[C@H]32)ncn1. The van der Waals surface area contributed by atoms with Gasteiger partial charge in [0.05, 0.1) is 0 Å². The molecule has 4 nitrogen and oxygen atoms in total. The summed E-state index contributed by atoms with van der Waals surface area (Å²) in [5.74, 6) is 2.91. The second-order valence-corrected chi connectivity index (χ2v) is 5.46. The van der Waals surface area contributed by atoms with Crippen LogP contribution in [0.1, 0.15) is 38.5 Å². The van der Waals surface area contributed by atoms with Crippen LogP contribution in [0.5, 0.6) is 0 Å². The van der Waals surface area contributed by atoms with Crippen molar-refractivity contribution >= 4 is 11.6 Å². The molecule has 1 N–H and O–H groups in total. The summed E-state index contributed by atoms with van der Waals surface area (Å²) in [6, 6.07) is 2.80. The number of nitrogens with one attached hydrogen (secondary N) is 1. The molecule has 2 fully saturated rings. The highest BCUT2D eigenvalue weighted by molar-refractivity contribution is 5.49. The molecule has 0 spiro atoms. The van der Waals surface area contributed by atoms with E-state index in [1.807, 2.05) is 7.05 Å². The van der Waals surface area contributed by atoms with Crippen LogP contribution < -0.4 is 10.2 Å². The number of aromatic nitrogens is 2. The highest BCUT2D eigenvalue weighted by atomic mass is 15.2. The molecule has 2 aliphatic rings. The summed E-state index contributed by atoms with van der Waals surface area (Å²) in [5, 5.41) is 3.10. The van der Waals surface area contributed by atoms with E-state index in [1.165, 1.54) is 38.5 Å². The van der Waals surface area contributed by atoms with Crippen LogP contribution in [-0.4, -0.2) is 29.6 Å². The van der Waals surface area contributed by atoms with Gasteiger partial charge >= 0.3 is 0 Å². The minimum absolute atomic E-state index is 0.715. The highest BCUT2D eigenvalue weighted by Gasteiger charge is 2.33. The number of nitrogens with zero attached hydrogens (tertiary/aromatic N) is 3. The Balaban J connectivity index is 1.84. The van der Waals surface area contributed by atoms with E-state index in [9.17, 15) is 0 Å². The Labute approximate surface area is 109 Å². The molecule has 1 saturated carbocycles. The van der Waals surface area contributed by atoms with E-state index in [0.29, 0.717) is 6.04 Å². The molecular formula is C14H22N4. The van der Waals surface area contributed by atoms with E-state index < -0.39 is 0 Å². The molecule has 1 aliphatic heterocycles. The zero-order valence-electron chi connectivity index (χ0n) is 11.1. The third-order valence-corrected chi connectivity index (χ3v) is 4.45. The Hall–Kier alpha value is -1.32. The lowest BCUT2D eigenvalue weighted by Gasteiger charge is -2.44. The Morgan fingerprint density at radius 2 is 2.00 bits per heavy atom. The van der Waals surface area contributed by atoms with Crippen molar-refractivity contribution in [2.75, 3.05) is 23.8 Å². The number of hydrogen-bond acceptors (Lipinski definition) is 4. The third kappa shape index (κ3) is 2.16. The van der Waals surface area contributed by atoms with Gasteiger partial charge in [0.2, 0.25) is 0 Å². The van der Waals surface area contributed by atoms with Gasteiger partial charge in [-0.2, -0.15) is 0 Å². The van der Waals surface area contributed by atoms with Gasteiger partial charge in [-0.15, -0.1) is 0 Å². The predicted molar refractivity (Wildman–Crippen MR) is 73.9 cm³/mol. The Morgan fingerprint density at radius 3 is 2.89 bits per heavy atom. The highest BCUT2D eigenvalue weighted by Crippen LogP contribution is 2.37. The number of piperidine rings is 1. The van der Waals surface area contributed by atoms with Gasteiger partial charge in [-0.05, 0) is 31.6 Å². The van der Waals surface area contributed by atoms with Crippen molar-refractivity contribution in [2.45, 2.75) is 44.6 Å². The number of anilines is 2. The van der Waals surface area contributed by atoms with Crippen molar-refractivity contribution in [3.05, 3.63) is 12.4 Å². The van der Waals surface area contributed by atoms with Gasteiger partial charge in [-0.1, -0.05) is 12.8 Å². The summed E-state index contributed by atoms with van der Waals surface area (Å²) in [7, 11) is 1.91. The number of rotatable bonds is 2. The molecule has 0 amide bonds. The lowest BCUT2D eigenvalue weighted by atomic mass is 9.78. The maximum Gasteiger partial charge on any atom is 0.134 e. The summed E-state index contributed by atoms with van der Waals surface area (Å²) >= 11 is 0. The minimum atomic E-state index is 0.715. The van der Waals surface area contributed by atoms with Crippen molar-refractivity contribution in [3.8, 4) is 0 Å². The van der Waals surface area contributed by atoms with Gasteiger partial charge in [-0.25, -0.2) is 9.97 Å². The largest absolute Gasteiger partial charge is 0.373 e. The molecule has 1 saturated heterocycles. The number of hydrogen-bond donors (Lipinski definition) is 1. The van der Waals surface area contributed by atoms with Crippen molar-refractivity contribution in [1.29, 1.82) is 0 Å². The van der Waals surface area contributed by atoms with E-state index >= 15 is 0 Å². The van der Waals surface area contributed by atoms with E-state index in [2.05, 4.69) is 26.3 Å². The van der Waals surface area contributed by atoms with Gasteiger partial charge < -0.3 is 10.2 Å². The van der Waals surface area contributed by atoms with Crippen molar-refractivity contribution in [1.82, 2.24) is 9.97 Å². The van der Waals surface area contributed by atoms with Gasteiger partial charge in [-0.3, -0.25) is 0 Å². The Morgan fingerprint density at radius 1 is 1.17 bits per heavy atom. The van der Waals surface area contributed by atoms with Gasteiger partial charge in [0, 0.05) is 25.7 Å². The third-order valence-electron chi connectivity index (χ3n) is 4.45. The van der Waals surface area contributed by atoms with Crippen LogP contribution in [0.15, 0.2) is 12.4 Å². The molecule has 1 aliphatic carbocycles. The first-order valence-corrected chi connectivity index (χ1v) is 7.15. The second kappa shape index (κ2) is 5.12. The normalized spacial score (nSPS) is 27.7. The first-order chi connectivity index (χ1) is 8.88. The van der Waals surface area contributed by atoms with Gasteiger partial charge in [0.1, 0.15) is 18.0 Å². The van der Waals surface area contributed by atoms with Crippen molar-refractivity contribution in [3.63, 3.8) is 0 Å². The van der Waals surface area contributed by atoms with Crippen LogP contribution in [0.2, 0.25) is 0 Å². The molecule has 2 atom stereocenters. The predicted octanol–water partition coefficient (Wildman–Crippen LogP) is 2.68. The molecule has 3 rings (SSSR count). The van der Waals surface area contributed by atoms with E-state index in [-0.39, 0.29) is 0 Å². The molecule has 0 unspecified atom stereocenters. The average molecular weight is 246 g/mol. The first-order valence-electron chi connectivity index (χ1n) is 7.15. The molecule has 0 radical (unpaired) electrons. The quantitative estimate of drug-likeness (QED) is 0.871. The molecule has 2 heterocycles. The van der Waals surface area contributed by atoms with E-state index in [0.717, 1.165) is 24.1 Å². The monoisotopic (exact) mass is 246 g/mol. The average Bonchev–Trinajstić information content (AvgIpc) is 2.47. The van der Waals surface area contributed by atoms with Crippen LogP contribution in [-0.2, 0) is 0 Å². The lowest BCUT2D eigenvalue weighted by Crippen LogP contribution is -2.47. The van der Waals surface area contributed by atoms with Crippen LogP contribution in [0.4, 0.5) is 11.6 Å². The Bertz CT molecular complexity index is 405. The smallest absolute Gasteiger partial charge is 0.134 e. The zero-order chi connectivity index (χ0) is 12.4. The van der Waals surface area contributed by atoms with Crippen LogP contribution >= 0.6 is 0 Å². The molecule has 1 aromatic rings. The number of fused-ring (bicyclic) bond motifs is 1. The molecule has 98 valence electrons. The maximum absolute atomic E-state index is 4.48. The molecular weight excluding hydrogens is 224 g/mol. The topological polar surface area (TPSA) is 41.0 Å². The maximum atomic E-state index is 4.48. The van der Waals surface area contributed by atoms with Crippen LogP contribution in [0.3, 0.4) is 0 Å². The lowest BCUT2D eigenvalue weighted by molar-refractivity contribution is 0.242. The summed E-state index contributed by atoms with van der Waals surface area (Å²) in [4.78, 5) is 11.2. The van der Waals surface area contributed by atoms with Gasteiger partial charge in [0.25, 0.3) is 0 Å². The van der Waals surface area contributed by atoms with Crippen molar-refractivity contribution < 1.29 is 0 Å². The second-order valence-electron chi connectivity index (χ2n) is 5.46. The van der Waals surface area contributed by atoms with E-state index in [1.54, 1.807) is 6.33 Å². The fourth-order valence-corrected chi connectivity index (χ4v) is 3.55. The van der Waals surface area contributed by atoms with Gasteiger partial charge in [0.15, 0.2) is 0 Å². The first kappa shape index (κ1) is 11.8. The summed E-state index contributed by atoms with van der Waals surface area (Å²) < 4.78 is 0. The van der Waals surface area contributed by atoms with Crippen LogP contribution in [0, 0.1) is 5.92 Å². The Kier molecular flexibility index (Phi) is 3.35. The summed E-state index contributed by atoms with van der Waals surface area (Å²) in [5.41, 5.74) is 0. The standard InChI is InChI=1S/C14H22N4/c1-15-13-9-14(17-10-16-13)18-8-4-6-11-5-2-3-7-12(11)18/h9-12H,2-8H2,1H3,(H,15,16,17)/t11-,12-/m1/s1. The zero-order valence-corrected chi connectivity index (χ0v) is 11.1.